The topological polar surface area (TPSA) is 12.0 Å². The molecule has 0 aromatic rings. The third-order valence-electron chi connectivity index (χ3n) is 3.30. The lowest BCUT2D eigenvalue weighted by Gasteiger charge is -2.36. The van der Waals surface area contributed by atoms with Crippen LogP contribution in [0.1, 0.15) is 45.4 Å². The third kappa shape index (κ3) is 3.29. The van der Waals surface area contributed by atoms with E-state index < -0.39 is 0 Å². The Morgan fingerprint density at radius 2 is 1.71 bits per heavy atom. The summed E-state index contributed by atoms with van der Waals surface area (Å²) in [6, 6.07) is 0.640. The van der Waals surface area contributed by atoms with E-state index in [0.29, 0.717) is 17.8 Å². The second kappa shape index (κ2) is 6.19. The Morgan fingerprint density at radius 3 is 2.14 bits per heavy atom. The lowest BCUT2D eigenvalue weighted by molar-refractivity contribution is 0.279. The average Bonchev–Trinajstić information content (AvgIpc) is 2.28. The van der Waals surface area contributed by atoms with Gasteiger partial charge in [0.25, 0.3) is 0 Å². The summed E-state index contributed by atoms with van der Waals surface area (Å²) >= 11 is 12.0. The lowest BCUT2D eigenvalue weighted by Crippen LogP contribution is -2.53. The first-order valence-corrected chi connectivity index (χ1v) is 6.73. The predicted octanol–water partition coefficient (Wildman–Crippen LogP) is 3.54. The van der Waals surface area contributed by atoms with Crippen LogP contribution in [0, 0.1) is 0 Å². The molecule has 0 bridgehead atoms. The number of hydrogen-bond acceptors (Lipinski definition) is 1. The second-order valence-corrected chi connectivity index (χ2v) is 4.91. The van der Waals surface area contributed by atoms with E-state index in [1.54, 1.807) is 0 Å². The van der Waals surface area contributed by atoms with Crippen LogP contribution in [0.2, 0.25) is 0 Å². The maximum absolute atomic E-state index is 6.00. The molecule has 14 heavy (non-hydrogen) atoms. The second-order valence-electron chi connectivity index (χ2n) is 4.38. The molecule has 0 radical (unpaired) electrons. The van der Waals surface area contributed by atoms with Crippen molar-refractivity contribution in [2.75, 3.05) is 11.8 Å². The number of halogens is 2. The molecule has 0 saturated heterocycles. The first kappa shape index (κ1) is 12.6. The standard InChI is InChI=1S/C11H21Cl2N/c1-2-11(8-12,9-13)14-10-6-4-3-5-7-10/h10,14H,2-9H2,1H3. The maximum atomic E-state index is 6.00. The molecule has 0 amide bonds. The van der Waals surface area contributed by atoms with Crippen molar-refractivity contribution in [1.29, 1.82) is 0 Å². The third-order valence-corrected chi connectivity index (χ3v) is 4.33. The van der Waals surface area contributed by atoms with Crippen molar-refractivity contribution in [3.63, 3.8) is 0 Å². The monoisotopic (exact) mass is 237 g/mol. The van der Waals surface area contributed by atoms with Crippen LogP contribution in [0.5, 0.6) is 0 Å². The molecule has 1 N–H and O–H groups in total. The molecule has 0 aromatic heterocycles. The van der Waals surface area contributed by atoms with Gasteiger partial charge >= 0.3 is 0 Å². The molecule has 3 heteroatoms. The normalized spacial score (nSPS) is 19.9. The van der Waals surface area contributed by atoms with Crippen molar-refractivity contribution in [2.45, 2.75) is 57.0 Å². The van der Waals surface area contributed by atoms with E-state index in [4.69, 9.17) is 23.2 Å². The van der Waals surface area contributed by atoms with Gasteiger partial charge in [0.2, 0.25) is 0 Å². The Hall–Kier alpha value is 0.540. The zero-order valence-electron chi connectivity index (χ0n) is 8.99. The van der Waals surface area contributed by atoms with Crippen molar-refractivity contribution in [3.8, 4) is 0 Å². The Labute approximate surface area is 97.5 Å². The van der Waals surface area contributed by atoms with Crippen LogP contribution < -0.4 is 5.32 Å². The number of nitrogens with one attached hydrogen (secondary N) is 1. The zero-order chi connectivity index (χ0) is 10.4. The summed E-state index contributed by atoms with van der Waals surface area (Å²) in [6.45, 7) is 2.15. The first-order valence-electron chi connectivity index (χ1n) is 5.66. The summed E-state index contributed by atoms with van der Waals surface area (Å²) < 4.78 is 0. The van der Waals surface area contributed by atoms with E-state index in [1.165, 1.54) is 32.1 Å². The lowest BCUT2D eigenvalue weighted by atomic mass is 9.91. The Balaban J connectivity index is 2.44. The van der Waals surface area contributed by atoms with E-state index in [9.17, 15) is 0 Å². The van der Waals surface area contributed by atoms with Crippen LogP contribution in [0.25, 0.3) is 0 Å². The van der Waals surface area contributed by atoms with Crippen LogP contribution in [-0.4, -0.2) is 23.3 Å². The molecule has 0 aliphatic heterocycles. The fourth-order valence-corrected chi connectivity index (χ4v) is 2.90. The van der Waals surface area contributed by atoms with Gasteiger partial charge in [-0.15, -0.1) is 23.2 Å². The minimum atomic E-state index is -0.0366. The van der Waals surface area contributed by atoms with E-state index in [1.807, 2.05) is 0 Å². The highest BCUT2D eigenvalue weighted by atomic mass is 35.5. The molecular weight excluding hydrogens is 217 g/mol. The van der Waals surface area contributed by atoms with Crippen LogP contribution >= 0.6 is 23.2 Å². The molecule has 1 saturated carbocycles. The Morgan fingerprint density at radius 1 is 1.14 bits per heavy atom. The van der Waals surface area contributed by atoms with Gasteiger partial charge in [0.1, 0.15) is 0 Å². The van der Waals surface area contributed by atoms with Gasteiger partial charge in [-0.3, -0.25) is 0 Å². The summed E-state index contributed by atoms with van der Waals surface area (Å²) in [5.74, 6) is 1.23. The van der Waals surface area contributed by atoms with E-state index >= 15 is 0 Å². The summed E-state index contributed by atoms with van der Waals surface area (Å²) in [6.07, 6.45) is 7.67. The molecule has 1 aliphatic rings. The summed E-state index contributed by atoms with van der Waals surface area (Å²) in [5.41, 5.74) is -0.0366. The van der Waals surface area contributed by atoms with Crippen molar-refractivity contribution < 1.29 is 0 Å². The highest BCUT2D eigenvalue weighted by Crippen LogP contribution is 2.23. The Kier molecular flexibility index (Phi) is 5.58. The maximum Gasteiger partial charge on any atom is 0.0453 e. The van der Waals surface area contributed by atoms with Gasteiger partial charge in [0, 0.05) is 23.3 Å². The summed E-state index contributed by atoms with van der Waals surface area (Å²) in [5, 5.41) is 3.65. The van der Waals surface area contributed by atoms with Gasteiger partial charge in [0.05, 0.1) is 0 Å². The predicted molar refractivity (Wildman–Crippen MR) is 64.5 cm³/mol. The molecule has 0 heterocycles. The molecule has 0 aromatic carbocycles. The molecule has 0 spiro atoms. The fraction of sp³-hybridized carbons (Fsp3) is 1.00. The number of rotatable bonds is 5. The minimum Gasteiger partial charge on any atom is -0.306 e. The van der Waals surface area contributed by atoms with E-state index in [2.05, 4.69) is 12.2 Å². The van der Waals surface area contributed by atoms with Gasteiger partial charge in [-0.05, 0) is 19.3 Å². The summed E-state index contributed by atoms with van der Waals surface area (Å²) in [4.78, 5) is 0. The van der Waals surface area contributed by atoms with Crippen molar-refractivity contribution in [2.24, 2.45) is 0 Å². The van der Waals surface area contributed by atoms with Crippen LogP contribution in [0.4, 0.5) is 0 Å². The molecular formula is C11H21Cl2N. The van der Waals surface area contributed by atoms with Gasteiger partial charge in [-0.2, -0.15) is 0 Å². The van der Waals surface area contributed by atoms with Crippen molar-refractivity contribution in [3.05, 3.63) is 0 Å². The van der Waals surface area contributed by atoms with Gasteiger partial charge in [0.15, 0.2) is 0 Å². The van der Waals surface area contributed by atoms with Crippen molar-refractivity contribution >= 4 is 23.2 Å². The van der Waals surface area contributed by atoms with E-state index in [0.717, 1.165) is 6.42 Å². The molecule has 0 unspecified atom stereocenters. The minimum absolute atomic E-state index is 0.0366. The fourth-order valence-electron chi connectivity index (χ4n) is 2.08. The van der Waals surface area contributed by atoms with Crippen molar-refractivity contribution in [1.82, 2.24) is 5.32 Å². The molecule has 1 aliphatic carbocycles. The molecule has 0 atom stereocenters. The highest BCUT2D eigenvalue weighted by molar-refractivity contribution is 6.22. The first-order chi connectivity index (χ1) is 6.76. The SMILES string of the molecule is CCC(CCl)(CCl)NC1CCCCC1. The average molecular weight is 238 g/mol. The number of alkyl halides is 2. The molecule has 1 fully saturated rings. The number of hydrogen-bond donors (Lipinski definition) is 1. The van der Waals surface area contributed by atoms with Gasteiger partial charge in [-0.25, -0.2) is 0 Å². The van der Waals surface area contributed by atoms with Gasteiger partial charge in [-0.1, -0.05) is 26.2 Å². The zero-order valence-corrected chi connectivity index (χ0v) is 10.5. The molecule has 1 nitrogen and oxygen atoms in total. The van der Waals surface area contributed by atoms with Crippen LogP contribution in [-0.2, 0) is 0 Å². The molecule has 1 rings (SSSR count). The van der Waals surface area contributed by atoms with Crippen LogP contribution in [0.15, 0.2) is 0 Å². The summed E-state index contributed by atoms with van der Waals surface area (Å²) in [7, 11) is 0. The molecule has 84 valence electrons. The smallest absolute Gasteiger partial charge is 0.0453 e. The van der Waals surface area contributed by atoms with Crippen LogP contribution in [0.3, 0.4) is 0 Å². The van der Waals surface area contributed by atoms with E-state index in [-0.39, 0.29) is 5.54 Å². The quantitative estimate of drug-likeness (QED) is 0.722. The Bertz CT molecular complexity index is 143. The highest BCUT2D eigenvalue weighted by Gasteiger charge is 2.29. The largest absolute Gasteiger partial charge is 0.306 e. The van der Waals surface area contributed by atoms with Gasteiger partial charge < -0.3 is 5.32 Å².